The Morgan fingerprint density at radius 1 is 1.31 bits per heavy atom. The molecular weight excluding hydrogens is 192 g/mol. The maximum atomic E-state index is 10.7. The number of hydrogen-bond acceptors (Lipinski definition) is 3. The summed E-state index contributed by atoms with van der Waals surface area (Å²) in [5.41, 5.74) is 0. The Kier molecular flexibility index (Phi) is 3.81. The molecule has 5 heteroatoms. The number of amides is 1. The van der Waals surface area contributed by atoms with Crippen LogP contribution in [0.4, 0.5) is 4.79 Å². The third-order valence-electron chi connectivity index (χ3n) is 2.62. The minimum Gasteiger partial charge on any atom is -0.444 e. The van der Waals surface area contributed by atoms with Crippen LogP contribution in [0, 0.1) is 5.92 Å². The summed E-state index contributed by atoms with van der Waals surface area (Å²) in [7, 11) is 0. The van der Waals surface area contributed by atoms with Gasteiger partial charge in [-0.05, 0) is 25.9 Å². The first-order chi connectivity index (χ1) is 5.86. The lowest BCUT2D eigenvalue weighted by atomic mass is 9.92. The Labute approximate surface area is 83.8 Å². The van der Waals surface area contributed by atoms with Gasteiger partial charge in [0.2, 0.25) is 0 Å². The van der Waals surface area contributed by atoms with Gasteiger partial charge >= 0.3 is 6.09 Å². The number of nitrogens with one attached hydrogen (secondary N) is 2. The van der Waals surface area contributed by atoms with E-state index >= 15 is 0 Å². The Morgan fingerprint density at radius 3 is 2.54 bits per heavy atom. The number of carbonyl (C=O) groups is 1. The standard InChI is InChI=1S/C8H14N2O2.ClH/c11-8-10-5-7(12-8)6-1-3-9-4-2-6;/h6-7,9H,1-5H2,(H,10,11);1H. The molecule has 2 rings (SSSR count). The highest BCUT2D eigenvalue weighted by atomic mass is 35.5. The minimum atomic E-state index is -0.251. The molecule has 76 valence electrons. The van der Waals surface area contributed by atoms with Crippen LogP contribution in [0.5, 0.6) is 0 Å². The van der Waals surface area contributed by atoms with Gasteiger partial charge in [0.15, 0.2) is 0 Å². The molecule has 0 aromatic heterocycles. The second kappa shape index (κ2) is 4.67. The molecule has 0 radical (unpaired) electrons. The highest BCUT2D eigenvalue weighted by Gasteiger charge is 2.31. The summed E-state index contributed by atoms with van der Waals surface area (Å²) >= 11 is 0. The molecule has 2 fully saturated rings. The molecule has 0 aliphatic carbocycles. The van der Waals surface area contributed by atoms with Gasteiger partial charge in [0.25, 0.3) is 0 Å². The van der Waals surface area contributed by atoms with Gasteiger partial charge in [-0.3, -0.25) is 0 Å². The van der Waals surface area contributed by atoms with E-state index in [-0.39, 0.29) is 24.6 Å². The summed E-state index contributed by atoms with van der Waals surface area (Å²) in [5, 5.41) is 5.97. The number of cyclic esters (lactones) is 1. The molecule has 1 atom stereocenters. The van der Waals surface area contributed by atoms with E-state index in [9.17, 15) is 4.79 Å². The van der Waals surface area contributed by atoms with Crippen LogP contribution in [0.2, 0.25) is 0 Å². The smallest absolute Gasteiger partial charge is 0.407 e. The summed E-state index contributed by atoms with van der Waals surface area (Å²) in [4.78, 5) is 10.7. The summed E-state index contributed by atoms with van der Waals surface area (Å²) in [6.07, 6.45) is 2.12. The SMILES string of the molecule is Cl.O=C1NCC(C2CCNCC2)O1. The number of halogens is 1. The number of carbonyl (C=O) groups excluding carboxylic acids is 1. The zero-order valence-electron chi connectivity index (χ0n) is 7.41. The molecule has 0 aromatic rings. The van der Waals surface area contributed by atoms with E-state index in [0.29, 0.717) is 12.5 Å². The fraction of sp³-hybridized carbons (Fsp3) is 0.875. The third kappa shape index (κ3) is 2.48. The maximum absolute atomic E-state index is 10.7. The van der Waals surface area contributed by atoms with E-state index in [1.54, 1.807) is 0 Å². The molecule has 0 spiro atoms. The normalized spacial score (nSPS) is 28.9. The summed E-state index contributed by atoms with van der Waals surface area (Å²) in [5.74, 6) is 0.560. The van der Waals surface area contributed by atoms with Gasteiger partial charge in [0, 0.05) is 5.92 Å². The monoisotopic (exact) mass is 206 g/mol. The fourth-order valence-corrected chi connectivity index (χ4v) is 1.88. The van der Waals surface area contributed by atoms with Gasteiger partial charge in [0.1, 0.15) is 6.10 Å². The Morgan fingerprint density at radius 2 is 2.00 bits per heavy atom. The molecule has 0 bridgehead atoms. The van der Waals surface area contributed by atoms with Crippen molar-refractivity contribution in [1.29, 1.82) is 0 Å². The Bertz CT molecular complexity index is 183. The van der Waals surface area contributed by atoms with Crippen molar-refractivity contribution in [2.75, 3.05) is 19.6 Å². The fourth-order valence-electron chi connectivity index (χ4n) is 1.88. The van der Waals surface area contributed by atoms with E-state index in [2.05, 4.69) is 10.6 Å². The van der Waals surface area contributed by atoms with E-state index in [0.717, 1.165) is 25.9 Å². The zero-order chi connectivity index (χ0) is 8.39. The highest BCUT2D eigenvalue weighted by molar-refractivity contribution is 5.85. The average molecular weight is 207 g/mol. The van der Waals surface area contributed by atoms with Gasteiger partial charge in [-0.2, -0.15) is 0 Å². The molecule has 2 aliphatic heterocycles. The maximum Gasteiger partial charge on any atom is 0.407 e. The lowest BCUT2D eigenvalue weighted by molar-refractivity contribution is 0.0917. The topological polar surface area (TPSA) is 50.4 Å². The van der Waals surface area contributed by atoms with Crippen molar-refractivity contribution in [3.8, 4) is 0 Å². The van der Waals surface area contributed by atoms with E-state index < -0.39 is 0 Å². The largest absolute Gasteiger partial charge is 0.444 e. The number of rotatable bonds is 1. The zero-order valence-corrected chi connectivity index (χ0v) is 8.23. The number of ether oxygens (including phenoxy) is 1. The molecule has 2 saturated heterocycles. The van der Waals surface area contributed by atoms with Crippen LogP contribution >= 0.6 is 12.4 Å². The first-order valence-electron chi connectivity index (χ1n) is 4.51. The second-order valence-electron chi connectivity index (χ2n) is 3.41. The average Bonchev–Trinajstić information content (AvgIpc) is 2.54. The van der Waals surface area contributed by atoms with Gasteiger partial charge in [-0.25, -0.2) is 4.79 Å². The van der Waals surface area contributed by atoms with Crippen molar-refractivity contribution < 1.29 is 9.53 Å². The quantitative estimate of drug-likeness (QED) is 0.658. The van der Waals surface area contributed by atoms with Crippen molar-refractivity contribution in [2.45, 2.75) is 18.9 Å². The number of hydrogen-bond donors (Lipinski definition) is 2. The van der Waals surface area contributed by atoms with Crippen LogP contribution in [0.1, 0.15) is 12.8 Å². The van der Waals surface area contributed by atoms with Crippen LogP contribution in [0.25, 0.3) is 0 Å². The first-order valence-corrected chi connectivity index (χ1v) is 4.51. The molecule has 2 aliphatic rings. The molecule has 0 aromatic carbocycles. The lowest BCUT2D eigenvalue weighted by Gasteiger charge is -2.25. The van der Waals surface area contributed by atoms with Crippen molar-refractivity contribution >= 4 is 18.5 Å². The van der Waals surface area contributed by atoms with Crippen molar-refractivity contribution in [3.05, 3.63) is 0 Å². The minimum absolute atomic E-state index is 0. The van der Waals surface area contributed by atoms with Crippen molar-refractivity contribution in [2.24, 2.45) is 5.92 Å². The van der Waals surface area contributed by atoms with Crippen LogP contribution in [0.15, 0.2) is 0 Å². The van der Waals surface area contributed by atoms with Crippen LogP contribution in [0.3, 0.4) is 0 Å². The third-order valence-corrected chi connectivity index (χ3v) is 2.62. The van der Waals surface area contributed by atoms with Gasteiger partial charge in [-0.15, -0.1) is 12.4 Å². The predicted octanol–water partition coefficient (Wildman–Crippen LogP) is 0.516. The summed E-state index contributed by atoms with van der Waals surface area (Å²) in [6.45, 7) is 2.81. The van der Waals surface area contributed by atoms with Crippen LogP contribution in [-0.4, -0.2) is 31.8 Å². The molecule has 2 N–H and O–H groups in total. The van der Waals surface area contributed by atoms with Crippen LogP contribution < -0.4 is 10.6 Å². The number of piperidine rings is 1. The summed E-state index contributed by atoms with van der Waals surface area (Å²) < 4.78 is 5.12. The second-order valence-corrected chi connectivity index (χ2v) is 3.41. The van der Waals surface area contributed by atoms with E-state index in [1.165, 1.54) is 0 Å². The Hall–Kier alpha value is -0.480. The van der Waals surface area contributed by atoms with Crippen LogP contribution in [-0.2, 0) is 4.74 Å². The highest BCUT2D eigenvalue weighted by Crippen LogP contribution is 2.20. The van der Waals surface area contributed by atoms with Gasteiger partial charge in [0.05, 0.1) is 6.54 Å². The van der Waals surface area contributed by atoms with Crippen molar-refractivity contribution in [3.63, 3.8) is 0 Å². The lowest BCUT2D eigenvalue weighted by Crippen LogP contribution is -2.35. The molecule has 0 saturated carbocycles. The Balaban J connectivity index is 0.000000845. The first kappa shape index (κ1) is 10.6. The molecule has 1 unspecified atom stereocenters. The van der Waals surface area contributed by atoms with E-state index in [4.69, 9.17) is 4.74 Å². The molecule has 4 nitrogen and oxygen atoms in total. The molecule has 2 heterocycles. The molecule has 13 heavy (non-hydrogen) atoms. The van der Waals surface area contributed by atoms with Gasteiger partial charge < -0.3 is 15.4 Å². The summed E-state index contributed by atoms with van der Waals surface area (Å²) in [6, 6.07) is 0. The molecular formula is C8H15ClN2O2. The predicted molar refractivity (Wildman–Crippen MR) is 51.1 cm³/mol. The number of alkyl carbamates (subject to hydrolysis) is 1. The molecule has 1 amide bonds. The van der Waals surface area contributed by atoms with Crippen molar-refractivity contribution in [1.82, 2.24) is 10.6 Å². The van der Waals surface area contributed by atoms with Gasteiger partial charge in [-0.1, -0.05) is 0 Å². The van der Waals surface area contributed by atoms with E-state index in [1.807, 2.05) is 0 Å².